The van der Waals surface area contributed by atoms with Crippen LogP contribution < -0.4 is 5.32 Å². The maximum Gasteiger partial charge on any atom is 0.237 e. The van der Waals surface area contributed by atoms with E-state index < -0.39 is 0 Å². The van der Waals surface area contributed by atoms with Crippen molar-refractivity contribution in [2.24, 2.45) is 0 Å². The Bertz CT molecular complexity index is 697. The fourth-order valence-electron chi connectivity index (χ4n) is 3.13. The smallest absolute Gasteiger partial charge is 0.237 e. The minimum atomic E-state index is -0.0829. The maximum absolute atomic E-state index is 12.4. The Morgan fingerprint density at radius 3 is 2.92 bits per heavy atom. The minimum Gasteiger partial charge on any atom is -0.355 e. The molecule has 4 nitrogen and oxygen atoms in total. The zero-order chi connectivity index (χ0) is 16.9. The Labute approximate surface area is 147 Å². The second kappa shape index (κ2) is 7.90. The van der Waals surface area contributed by atoms with Crippen LogP contribution in [0.3, 0.4) is 0 Å². The third-order valence-electron chi connectivity index (χ3n) is 4.62. The largest absolute Gasteiger partial charge is 0.355 e. The summed E-state index contributed by atoms with van der Waals surface area (Å²) in [5.74, 6) is 0.129. The van der Waals surface area contributed by atoms with E-state index in [2.05, 4.69) is 44.8 Å². The highest BCUT2D eigenvalue weighted by Gasteiger charge is 2.24. The average molecular weight is 343 g/mol. The number of carbonyl (C=O) groups excluding carboxylic acids is 1. The van der Waals surface area contributed by atoms with Gasteiger partial charge in [-0.05, 0) is 37.8 Å². The zero-order valence-electron chi connectivity index (χ0n) is 14.4. The minimum absolute atomic E-state index is 0.0829. The molecule has 0 unspecified atom stereocenters. The molecule has 2 aromatic rings. The van der Waals surface area contributed by atoms with E-state index in [1.54, 1.807) is 11.3 Å². The number of fused-ring (bicyclic) bond motifs is 1. The van der Waals surface area contributed by atoms with Gasteiger partial charge in [-0.2, -0.15) is 0 Å². The van der Waals surface area contributed by atoms with E-state index in [-0.39, 0.29) is 11.9 Å². The SMILES string of the molecule is Cc1csc(CCCNC(=O)[C@@H](C)N2CCc3ccccc3C2)n1. The fourth-order valence-corrected chi connectivity index (χ4v) is 3.95. The molecule has 0 spiro atoms. The third kappa shape index (κ3) is 4.22. The van der Waals surface area contributed by atoms with E-state index in [1.807, 2.05) is 13.8 Å². The summed E-state index contributed by atoms with van der Waals surface area (Å²) in [6, 6.07) is 8.45. The number of hydrogen-bond acceptors (Lipinski definition) is 4. The summed E-state index contributed by atoms with van der Waals surface area (Å²) >= 11 is 1.70. The molecule has 24 heavy (non-hydrogen) atoms. The summed E-state index contributed by atoms with van der Waals surface area (Å²) < 4.78 is 0. The van der Waals surface area contributed by atoms with Crippen LogP contribution >= 0.6 is 11.3 Å². The van der Waals surface area contributed by atoms with Gasteiger partial charge in [-0.3, -0.25) is 9.69 Å². The summed E-state index contributed by atoms with van der Waals surface area (Å²) in [7, 11) is 0. The van der Waals surface area contributed by atoms with Gasteiger partial charge in [-0.1, -0.05) is 24.3 Å². The van der Waals surface area contributed by atoms with Crippen LogP contribution in [-0.2, 0) is 24.2 Å². The molecule has 0 aliphatic carbocycles. The summed E-state index contributed by atoms with van der Waals surface area (Å²) in [4.78, 5) is 19.1. The molecule has 128 valence electrons. The molecule has 1 aromatic carbocycles. The molecule has 0 fully saturated rings. The molecule has 1 aromatic heterocycles. The number of hydrogen-bond donors (Lipinski definition) is 1. The second-order valence-electron chi connectivity index (χ2n) is 6.44. The Hall–Kier alpha value is -1.72. The van der Waals surface area contributed by atoms with E-state index in [0.717, 1.165) is 43.1 Å². The monoisotopic (exact) mass is 343 g/mol. The van der Waals surface area contributed by atoms with E-state index in [1.165, 1.54) is 11.1 Å². The van der Waals surface area contributed by atoms with Gasteiger partial charge in [0, 0.05) is 37.1 Å². The molecule has 5 heteroatoms. The van der Waals surface area contributed by atoms with Gasteiger partial charge in [-0.15, -0.1) is 11.3 Å². The number of rotatable bonds is 6. The van der Waals surface area contributed by atoms with Gasteiger partial charge in [0.1, 0.15) is 0 Å². The third-order valence-corrected chi connectivity index (χ3v) is 5.65. The predicted octanol–water partition coefficient (Wildman–Crippen LogP) is 2.95. The van der Waals surface area contributed by atoms with Crippen molar-refractivity contribution in [3.05, 3.63) is 51.5 Å². The van der Waals surface area contributed by atoms with Crippen LogP contribution in [0.5, 0.6) is 0 Å². The van der Waals surface area contributed by atoms with Crippen molar-refractivity contribution >= 4 is 17.2 Å². The van der Waals surface area contributed by atoms with Crippen molar-refractivity contribution < 1.29 is 4.79 Å². The molecule has 1 aliphatic rings. The van der Waals surface area contributed by atoms with Crippen LogP contribution in [0.25, 0.3) is 0 Å². The maximum atomic E-state index is 12.4. The van der Waals surface area contributed by atoms with Gasteiger partial charge in [0.15, 0.2) is 0 Å². The Kier molecular flexibility index (Phi) is 5.63. The molecule has 0 saturated heterocycles. The fraction of sp³-hybridized carbons (Fsp3) is 0.474. The van der Waals surface area contributed by atoms with Gasteiger partial charge in [0.2, 0.25) is 5.91 Å². The first-order valence-corrected chi connectivity index (χ1v) is 9.51. The first-order valence-electron chi connectivity index (χ1n) is 8.63. The molecule has 2 heterocycles. The van der Waals surface area contributed by atoms with E-state index in [4.69, 9.17) is 0 Å². The Morgan fingerprint density at radius 2 is 2.17 bits per heavy atom. The molecular weight excluding hydrogens is 318 g/mol. The van der Waals surface area contributed by atoms with Crippen molar-refractivity contribution in [1.82, 2.24) is 15.2 Å². The number of carbonyl (C=O) groups is 1. The lowest BCUT2D eigenvalue weighted by molar-refractivity contribution is -0.126. The molecular formula is C19H25N3OS. The van der Waals surface area contributed by atoms with Crippen LogP contribution in [0, 0.1) is 6.92 Å². The lowest BCUT2D eigenvalue weighted by Crippen LogP contribution is -2.47. The topological polar surface area (TPSA) is 45.2 Å². The predicted molar refractivity (Wildman–Crippen MR) is 98.2 cm³/mol. The van der Waals surface area contributed by atoms with Crippen molar-refractivity contribution in [3.63, 3.8) is 0 Å². The molecule has 1 aliphatic heterocycles. The Balaban J connectivity index is 1.43. The van der Waals surface area contributed by atoms with Gasteiger partial charge in [-0.25, -0.2) is 4.98 Å². The van der Waals surface area contributed by atoms with E-state index >= 15 is 0 Å². The summed E-state index contributed by atoms with van der Waals surface area (Å²) in [6.07, 6.45) is 2.90. The molecule has 0 bridgehead atoms. The van der Waals surface area contributed by atoms with Crippen LogP contribution in [0.15, 0.2) is 29.6 Å². The van der Waals surface area contributed by atoms with Gasteiger partial charge >= 0.3 is 0 Å². The molecule has 1 atom stereocenters. The molecule has 0 radical (unpaired) electrons. The summed E-state index contributed by atoms with van der Waals surface area (Å²) in [5.41, 5.74) is 3.85. The number of nitrogens with one attached hydrogen (secondary N) is 1. The number of thiazole rings is 1. The molecule has 1 N–H and O–H groups in total. The Morgan fingerprint density at radius 1 is 1.38 bits per heavy atom. The number of benzene rings is 1. The standard InChI is InChI=1S/C19H25N3OS/c1-14-13-24-18(21-14)8-5-10-20-19(23)15(2)22-11-9-16-6-3-4-7-17(16)12-22/h3-4,6-7,13,15H,5,8-12H2,1-2H3,(H,20,23)/t15-/m1/s1. The van der Waals surface area contributed by atoms with E-state index in [9.17, 15) is 4.79 Å². The summed E-state index contributed by atoms with van der Waals surface area (Å²) in [5, 5.41) is 6.31. The number of aromatic nitrogens is 1. The van der Waals surface area contributed by atoms with Crippen molar-refractivity contribution in [3.8, 4) is 0 Å². The molecule has 1 amide bonds. The lowest BCUT2D eigenvalue weighted by Gasteiger charge is -2.32. The van der Waals surface area contributed by atoms with E-state index in [0.29, 0.717) is 6.54 Å². The number of nitrogens with zero attached hydrogens (tertiary/aromatic N) is 2. The highest BCUT2D eigenvalue weighted by Crippen LogP contribution is 2.20. The first-order chi connectivity index (χ1) is 11.6. The van der Waals surface area contributed by atoms with Gasteiger partial charge in [0.05, 0.1) is 11.0 Å². The average Bonchev–Trinajstić information content (AvgIpc) is 3.02. The summed E-state index contributed by atoms with van der Waals surface area (Å²) in [6.45, 7) is 6.55. The molecule has 3 rings (SSSR count). The van der Waals surface area contributed by atoms with Crippen LogP contribution in [0.4, 0.5) is 0 Å². The molecule has 0 saturated carbocycles. The number of aryl methyl sites for hydroxylation is 2. The van der Waals surface area contributed by atoms with Crippen molar-refractivity contribution in [1.29, 1.82) is 0 Å². The van der Waals surface area contributed by atoms with Crippen LogP contribution in [-0.4, -0.2) is 34.9 Å². The van der Waals surface area contributed by atoms with Crippen LogP contribution in [0.2, 0.25) is 0 Å². The first kappa shape index (κ1) is 17.1. The highest BCUT2D eigenvalue weighted by atomic mass is 32.1. The quantitative estimate of drug-likeness (QED) is 0.820. The van der Waals surface area contributed by atoms with Crippen molar-refractivity contribution in [2.45, 2.75) is 45.7 Å². The van der Waals surface area contributed by atoms with Crippen molar-refractivity contribution in [2.75, 3.05) is 13.1 Å². The zero-order valence-corrected chi connectivity index (χ0v) is 15.2. The normalized spacial score (nSPS) is 15.8. The lowest BCUT2D eigenvalue weighted by atomic mass is 9.99. The van der Waals surface area contributed by atoms with Crippen LogP contribution in [0.1, 0.15) is 35.2 Å². The van der Waals surface area contributed by atoms with Gasteiger partial charge in [0.25, 0.3) is 0 Å². The highest BCUT2D eigenvalue weighted by molar-refractivity contribution is 7.09. The van der Waals surface area contributed by atoms with Gasteiger partial charge < -0.3 is 5.32 Å². The number of amides is 1. The second-order valence-corrected chi connectivity index (χ2v) is 7.39.